The van der Waals surface area contributed by atoms with Crippen molar-refractivity contribution in [2.24, 2.45) is 0 Å². The molecule has 6 nitrogen and oxygen atoms in total. The zero-order valence-corrected chi connectivity index (χ0v) is 12.8. The van der Waals surface area contributed by atoms with Crippen molar-refractivity contribution in [2.45, 2.75) is 19.0 Å². The summed E-state index contributed by atoms with van der Waals surface area (Å²) in [7, 11) is 1.33. The van der Waals surface area contributed by atoms with Crippen LogP contribution in [0.1, 0.15) is 11.1 Å². The van der Waals surface area contributed by atoms with Gasteiger partial charge in [0, 0.05) is 18.2 Å². The second kappa shape index (κ2) is 8.05. The van der Waals surface area contributed by atoms with E-state index >= 15 is 0 Å². The highest BCUT2D eigenvalue weighted by molar-refractivity contribution is 5.76. The number of nitrogens with one attached hydrogen (secondary N) is 1. The molecule has 23 heavy (non-hydrogen) atoms. The predicted molar refractivity (Wildman–Crippen MR) is 85.9 cm³/mol. The minimum Gasteiger partial charge on any atom is -0.468 e. The largest absolute Gasteiger partial charge is 0.468 e. The smallest absolute Gasteiger partial charge is 0.323 e. The van der Waals surface area contributed by atoms with Gasteiger partial charge in [0.25, 0.3) is 5.69 Å². The normalized spacial score (nSPS) is 11.7. The average molecular weight is 314 g/mol. The van der Waals surface area contributed by atoms with Crippen LogP contribution in [-0.2, 0) is 22.5 Å². The summed E-state index contributed by atoms with van der Waals surface area (Å²) in [5.74, 6) is -0.396. The van der Waals surface area contributed by atoms with Crippen LogP contribution in [0.4, 0.5) is 5.69 Å². The van der Waals surface area contributed by atoms with E-state index in [1.165, 1.54) is 13.2 Å². The van der Waals surface area contributed by atoms with Gasteiger partial charge in [-0.2, -0.15) is 0 Å². The van der Waals surface area contributed by atoms with E-state index in [-0.39, 0.29) is 12.2 Å². The summed E-state index contributed by atoms with van der Waals surface area (Å²) in [4.78, 5) is 22.5. The third kappa shape index (κ3) is 4.62. The molecule has 2 rings (SSSR count). The van der Waals surface area contributed by atoms with Gasteiger partial charge in [0.2, 0.25) is 0 Å². The van der Waals surface area contributed by atoms with Gasteiger partial charge in [-0.1, -0.05) is 48.5 Å². The second-order valence-corrected chi connectivity index (χ2v) is 5.03. The summed E-state index contributed by atoms with van der Waals surface area (Å²) in [6.45, 7) is 0.212. The van der Waals surface area contributed by atoms with Crippen LogP contribution in [0.5, 0.6) is 0 Å². The van der Waals surface area contributed by atoms with Crippen molar-refractivity contribution < 1.29 is 14.5 Å². The van der Waals surface area contributed by atoms with E-state index in [1.807, 2.05) is 30.3 Å². The summed E-state index contributed by atoms with van der Waals surface area (Å²) in [5.41, 5.74) is 1.54. The lowest BCUT2D eigenvalue weighted by molar-refractivity contribution is -0.385. The zero-order chi connectivity index (χ0) is 16.7. The first-order chi connectivity index (χ1) is 11.1. The summed E-state index contributed by atoms with van der Waals surface area (Å²) in [6.07, 6.45) is 0.453. The standard InChI is InChI=1S/C17H18N2O4/c1-23-17(20)15(11-13-7-3-2-4-8-13)18-12-14-9-5-6-10-16(14)19(21)22/h2-10,15,18H,11-12H2,1H3/t15-/m0/s1. The highest BCUT2D eigenvalue weighted by Gasteiger charge is 2.21. The lowest BCUT2D eigenvalue weighted by Crippen LogP contribution is -2.39. The number of rotatable bonds is 7. The molecule has 6 heteroatoms. The van der Waals surface area contributed by atoms with Crippen LogP contribution < -0.4 is 5.32 Å². The number of carbonyl (C=O) groups is 1. The van der Waals surface area contributed by atoms with Crippen LogP contribution in [0.3, 0.4) is 0 Å². The van der Waals surface area contributed by atoms with Crippen molar-refractivity contribution in [3.8, 4) is 0 Å². The van der Waals surface area contributed by atoms with Gasteiger partial charge in [-0.3, -0.25) is 20.2 Å². The van der Waals surface area contributed by atoms with Crippen LogP contribution in [0, 0.1) is 10.1 Å². The third-order valence-corrected chi connectivity index (χ3v) is 3.50. The molecule has 0 heterocycles. The number of nitro groups is 1. The number of hydrogen-bond acceptors (Lipinski definition) is 5. The number of methoxy groups -OCH3 is 1. The molecule has 0 aliphatic rings. The van der Waals surface area contributed by atoms with Crippen molar-refractivity contribution in [3.63, 3.8) is 0 Å². The fraction of sp³-hybridized carbons (Fsp3) is 0.235. The molecule has 0 aliphatic carbocycles. The molecule has 0 saturated carbocycles. The van der Waals surface area contributed by atoms with Crippen molar-refractivity contribution in [3.05, 3.63) is 75.8 Å². The summed E-state index contributed by atoms with van der Waals surface area (Å²) in [6, 6.07) is 15.4. The topological polar surface area (TPSA) is 81.5 Å². The Kier molecular flexibility index (Phi) is 5.82. The van der Waals surface area contributed by atoms with Crippen molar-refractivity contribution in [1.29, 1.82) is 0 Å². The number of esters is 1. The first-order valence-electron chi connectivity index (χ1n) is 7.19. The van der Waals surface area contributed by atoms with Crippen molar-refractivity contribution >= 4 is 11.7 Å². The molecule has 0 fully saturated rings. The monoisotopic (exact) mass is 314 g/mol. The lowest BCUT2D eigenvalue weighted by atomic mass is 10.1. The van der Waals surface area contributed by atoms with Gasteiger partial charge >= 0.3 is 5.97 Å². The molecule has 1 atom stereocenters. The van der Waals surface area contributed by atoms with Gasteiger partial charge in [-0.05, 0) is 12.0 Å². The molecule has 0 spiro atoms. The highest BCUT2D eigenvalue weighted by atomic mass is 16.6. The molecule has 1 N–H and O–H groups in total. The number of hydrogen-bond donors (Lipinski definition) is 1. The van der Waals surface area contributed by atoms with Crippen LogP contribution in [0.2, 0.25) is 0 Å². The molecular formula is C17H18N2O4. The summed E-state index contributed by atoms with van der Waals surface area (Å²) in [5, 5.41) is 14.1. The molecule has 2 aromatic carbocycles. The van der Waals surface area contributed by atoms with E-state index in [1.54, 1.807) is 18.2 Å². The SMILES string of the molecule is COC(=O)[C@H](Cc1ccccc1)NCc1ccccc1[N+](=O)[O-]. The first-order valence-corrected chi connectivity index (χ1v) is 7.19. The fourth-order valence-corrected chi connectivity index (χ4v) is 2.30. The van der Waals surface area contributed by atoms with Crippen molar-refractivity contribution in [2.75, 3.05) is 7.11 Å². The minimum absolute atomic E-state index is 0.0309. The predicted octanol–water partition coefficient (Wildman–Crippen LogP) is 2.47. The highest BCUT2D eigenvalue weighted by Crippen LogP contribution is 2.17. The molecular weight excluding hydrogens is 296 g/mol. The number of nitro benzene ring substituents is 1. The average Bonchev–Trinajstić information content (AvgIpc) is 2.59. The lowest BCUT2D eigenvalue weighted by Gasteiger charge is -2.16. The molecule has 0 bridgehead atoms. The van der Waals surface area contributed by atoms with Gasteiger partial charge in [0.1, 0.15) is 6.04 Å². The Bertz CT molecular complexity index is 673. The maximum Gasteiger partial charge on any atom is 0.323 e. The molecule has 0 aliphatic heterocycles. The number of para-hydroxylation sites is 1. The van der Waals surface area contributed by atoms with Gasteiger partial charge < -0.3 is 4.74 Å². The Hall–Kier alpha value is -2.73. The molecule has 0 saturated heterocycles. The van der Waals surface area contributed by atoms with Gasteiger partial charge in [-0.25, -0.2) is 0 Å². The Morgan fingerprint density at radius 1 is 1.17 bits per heavy atom. The van der Waals surface area contributed by atoms with E-state index in [9.17, 15) is 14.9 Å². The Morgan fingerprint density at radius 2 is 1.83 bits per heavy atom. The second-order valence-electron chi connectivity index (χ2n) is 5.03. The van der Waals surface area contributed by atoms with E-state index in [0.717, 1.165) is 5.56 Å². The summed E-state index contributed by atoms with van der Waals surface area (Å²) < 4.78 is 4.82. The number of benzene rings is 2. The van der Waals surface area contributed by atoms with E-state index in [0.29, 0.717) is 12.0 Å². The number of nitrogens with zero attached hydrogens (tertiary/aromatic N) is 1. The Morgan fingerprint density at radius 3 is 2.48 bits per heavy atom. The van der Waals surface area contributed by atoms with Crippen molar-refractivity contribution in [1.82, 2.24) is 5.32 Å². The molecule has 120 valence electrons. The van der Waals surface area contributed by atoms with E-state index in [2.05, 4.69) is 5.32 Å². The Labute approximate surface area is 134 Å². The molecule has 2 aromatic rings. The molecule has 0 unspecified atom stereocenters. The van der Waals surface area contributed by atoms with Crippen LogP contribution in [0.25, 0.3) is 0 Å². The van der Waals surface area contributed by atoms with E-state index in [4.69, 9.17) is 4.74 Å². The third-order valence-electron chi connectivity index (χ3n) is 3.50. The number of carbonyl (C=O) groups excluding carboxylic acids is 1. The fourth-order valence-electron chi connectivity index (χ4n) is 2.30. The maximum atomic E-state index is 11.9. The Balaban J connectivity index is 2.10. The van der Waals surface area contributed by atoms with Crippen LogP contribution in [-0.4, -0.2) is 24.0 Å². The van der Waals surface area contributed by atoms with Gasteiger partial charge in [-0.15, -0.1) is 0 Å². The molecule has 0 amide bonds. The zero-order valence-electron chi connectivity index (χ0n) is 12.8. The van der Waals surface area contributed by atoms with Gasteiger partial charge in [0.15, 0.2) is 0 Å². The molecule has 0 aromatic heterocycles. The minimum atomic E-state index is -0.567. The quantitative estimate of drug-likeness (QED) is 0.482. The first kappa shape index (κ1) is 16.6. The molecule has 0 radical (unpaired) electrons. The maximum absolute atomic E-state index is 11.9. The van der Waals surface area contributed by atoms with Crippen LogP contribution in [0.15, 0.2) is 54.6 Å². The van der Waals surface area contributed by atoms with Gasteiger partial charge in [0.05, 0.1) is 12.0 Å². The summed E-state index contributed by atoms with van der Waals surface area (Å²) >= 11 is 0. The van der Waals surface area contributed by atoms with Crippen LogP contribution >= 0.6 is 0 Å². The number of ether oxygens (including phenoxy) is 1. The van der Waals surface area contributed by atoms with E-state index < -0.39 is 16.9 Å².